The Balaban J connectivity index is 1.88. The summed E-state index contributed by atoms with van der Waals surface area (Å²) in [6.07, 6.45) is 2.75. The van der Waals surface area contributed by atoms with Gasteiger partial charge in [-0.25, -0.2) is 4.98 Å². The van der Waals surface area contributed by atoms with Crippen LogP contribution >= 0.6 is 11.3 Å². The molecule has 1 amide bonds. The van der Waals surface area contributed by atoms with Crippen molar-refractivity contribution in [3.8, 4) is 0 Å². The predicted molar refractivity (Wildman–Crippen MR) is 83.2 cm³/mol. The number of hydrogen-bond acceptors (Lipinski definition) is 4. The first-order valence-corrected chi connectivity index (χ1v) is 7.54. The van der Waals surface area contributed by atoms with Crippen molar-refractivity contribution in [2.75, 3.05) is 11.9 Å². The lowest BCUT2D eigenvalue weighted by Gasteiger charge is -2.06. The minimum Gasteiger partial charge on any atom is -0.384 e. The molecule has 2 aromatic heterocycles. The van der Waals surface area contributed by atoms with Crippen LogP contribution in [0.4, 0.5) is 5.69 Å². The van der Waals surface area contributed by atoms with Gasteiger partial charge in [0.1, 0.15) is 5.69 Å². The van der Waals surface area contributed by atoms with Gasteiger partial charge in [-0.15, -0.1) is 11.3 Å². The maximum atomic E-state index is 12.0. The van der Waals surface area contributed by atoms with E-state index in [0.29, 0.717) is 12.2 Å². The quantitative estimate of drug-likeness (QED) is 0.858. The van der Waals surface area contributed by atoms with Gasteiger partial charge in [-0.1, -0.05) is 6.92 Å². The van der Waals surface area contributed by atoms with Crippen molar-refractivity contribution >= 4 is 22.9 Å². The number of nitrogens with zero attached hydrogens (tertiary/aromatic N) is 1. The summed E-state index contributed by atoms with van der Waals surface area (Å²) in [6, 6.07) is 7.71. The Hall–Kier alpha value is -1.88. The van der Waals surface area contributed by atoms with Crippen molar-refractivity contribution < 1.29 is 4.79 Å². The lowest BCUT2D eigenvalue weighted by molar-refractivity contribution is 0.0946. The number of thiophene rings is 1. The summed E-state index contributed by atoms with van der Waals surface area (Å²) in [6.45, 7) is 5.62. The van der Waals surface area contributed by atoms with Crippen molar-refractivity contribution in [3.63, 3.8) is 0 Å². The van der Waals surface area contributed by atoms with Crippen molar-refractivity contribution in [1.29, 1.82) is 0 Å². The van der Waals surface area contributed by atoms with Gasteiger partial charge in [-0.3, -0.25) is 4.79 Å². The van der Waals surface area contributed by atoms with E-state index >= 15 is 0 Å². The first kappa shape index (κ1) is 14.5. The highest BCUT2D eigenvalue weighted by atomic mass is 32.1. The van der Waals surface area contributed by atoms with Crippen molar-refractivity contribution in [3.05, 3.63) is 45.9 Å². The minimum absolute atomic E-state index is 0.141. The van der Waals surface area contributed by atoms with E-state index in [0.717, 1.165) is 23.5 Å². The fourth-order valence-corrected chi connectivity index (χ4v) is 2.57. The molecule has 2 N–H and O–H groups in total. The average Bonchev–Trinajstić information content (AvgIpc) is 2.89. The molecule has 0 aliphatic heterocycles. The molecule has 0 fully saturated rings. The van der Waals surface area contributed by atoms with Gasteiger partial charge in [0.25, 0.3) is 5.91 Å². The molecule has 2 aromatic rings. The zero-order chi connectivity index (χ0) is 14.4. The Bertz CT molecular complexity index is 563. The number of rotatable bonds is 6. The van der Waals surface area contributed by atoms with Crippen LogP contribution in [0, 0.1) is 6.92 Å². The number of hydrogen-bond donors (Lipinski definition) is 2. The summed E-state index contributed by atoms with van der Waals surface area (Å²) >= 11 is 1.69. The monoisotopic (exact) mass is 289 g/mol. The van der Waals surface area contributed by atoms with Gasteiger partial charge in [-0.05, 0) is 37.6 Å². The van der Waals surface area contributed by atoms with Crippen molar-refractivity contribution in [2.45, 2.75) is 26.8 Å². The smallest absolute Gasteiger partial charge is 0.270 e. The highest BCUT2D eigenvalue weighted by Crippen LogP contribution is 2.14. The Morgan fingerprint density at radius 3 is 2.75 bits per heavy atom. The largest absolute Gasteiger partial charge is 0.384 e. The summed E-state index contributed by atoms with van der Waals surface area (Å²) in [5.41, 5.74) is 1.39. The SMILES string of the molecule is CCCNc1ccc(C(=O)NCc2ccc(C)s2)nc1. The fourth-order valence-electron chi connectivity index (χ4n) is 1.74. The molecule has 0 atom stereocenters. The Morgan fingerprint density at radius 2 is 2.15 bits per heavy atom. The van der Waals surface area contributed by atoms with Gasteiger partial charge < -0.3 is 10.6 Å². The number of amides is 1. The molecule has 20 heavy (non-hydrogen) atoms. The standard InChI is InChI=1S/C15H19N3OS/c1-3-8-16-12-5-7-14(17-9-12)15(19)18-10-13-6-4-11(2)20-13/h4-7,9,16H,3,8,10H2,1-2H3,(H,18,19). The first-order valence-electron chi connectivity index (χ1n) is 6.72. The summed E-state index contributed by atoms with van der Waals surface area (Å²) in [5, 5.41) is 6.11. The summed E-state index contributed by atoms with van der Waals surface area (Å²) in [4.78, 5) is 18.5. The molecule has 0 radical (unpaired) electrons. The van der Waals surface area contributed by atoms with Gasteiger partial charge in [0.2, 0.25) is 0 Å². The van der Waals surface area contributed by atoms with Crippen LogP contribution in [0.2, 0.25) is 0 Å². The zero-order valence-corrected chi connectivity index (χ0v) is 12.6. The fraction of sp³-hybridized carbons (Fsp3) is 0.333. The molecule has 0 aliphatic rings. The first-order chi connectivity index (χ1) is 9.69. The number of carbonyl (C=O) groups excluding carboxylic acids is 1. The van der Waals surface area contributed by atoms with E-state index in [9.17, 15) is 4.79 Å². The number of aromatic nitrogens is 1. The van der Waals surface area contributed by atoms with Crippen LogP contribution < -0.4 is 10.6 Å². The molecule has 2 heterocycles. The topological polar surface area (TPSA) is 54.0 Å². The third-order valence-corrected chi connectivity index (χ3v) is 3.80. The van der Waals surface area contributed by atoms with E-state index in [4.69, 9.17) is 0 Å². The van der Waals surface area contributed by atoms with Crippen LogP contribution in [0.5, 0.6) is 0 Å². The normalized spacial score (nSPS) is 10.3. The molecule has 4 nitrogen and oxygen atoms in total. The Kier molecular flexibility index (Phi) is 5.12. The van der Waals surface area contributed by atoms with E-state index < -0.39 is 0 Å². The Labute approximate surface area is 123 Å². The summed E-state index contributed by atoms with van der Waals surface area (Å²) in [5.74, 6) is -0.141. The number of aryl methyl sites for hydroxylation is 1. The van der Waals surface area contributed by atoms with E-state index in [2.05, 4.69) is 35.5 Å². The number of pyridine rings is 1. The van der Waals surface area contributed by atoms with Crippen LogP contribution in [0.15, 0.2) is 30.5 Å². The van der Waals surface area contributed by atoms with Crippen molar-refractivity contribution in [2.24, 2.45) is 0 Å². The number of anilines is 1. The van der Waals surface area contributed by atoms with Crippen molar-refractivity contribution in [1.82, 2.24) is 10.3 Å². The maximum Gasteiger partial charge on any atom is 0.270 e. The molecular formula is C15H19N3OS. The lowest BCUT2D eigenvalue weighted by atomic mass is 10.3. The molecule has 0 aliphatic carbocycles. The summed E-state index contributed by atoms with van der Waals surface area (Å²) < 4.78 is 0. The maximum absolute atomic E-state index is 12.0. The highest BCUT2D eigenvalue weighted by Gasteiger charge is 2.07. The molecule has 106 valence electrons. The molecule has 0 bridgehead atoms. The third kappa shape index (κ3) is 4.06. The van der Waals surface area contributed by atoms with Crippen LogP contribution in [0.3, 0.4) is 0 Å². The third-order valence-electron chi connectivity index (χ3n) is 2.79. The summed E-state index contributed by atoms with van der Waals surface area (Å²) in [7, 11) is 0. The molecule has 0 saturated carbocycles. The van der Waals surface area contributed by atoms with E-state index in [1.807, 2.05) is 12.1 Å². The van der Waals surface area contributed by atoms with Gasteiger partial charge in [-0.2, -0.15) is 0 Å². The molecule has 5 heteroatoms. The molecule has 0 unspecified atom stereocenters. The minimum atomic E-state index is -0.141. The predicted octanol–water partition coefficient (Wildman–Crippen LogP) is 3.20. The molecule has 2 rings (SSSR count). The number of carbonyl (C=O) groups is 1. The molecule has 0 saturated heterocycles. The van der Waals surface area contributed by atoms with Gasteiger partial charge >= 0.3 is 0 Å². The van der Waals surface area contributed by atoms with Crippen LogP contribution in [0.25, 0.3) is 0 Å². The van der Waals surface area contributed by atoms with E-state index in [-0.39, 0.29) is 5.91 Å². The van der Waals surface area contributed by atoms with Gasteiger partial charge in [0, 0.05) is 16.3 Å². The molecule has 0 spiro atoms. The Morgan fingerprint density at radius 1 is 1.30 bits per heavy atom. The second-order valence-corrected chi connectivity index (χ2v) is 5.93. The van der Waals surface area contributed by atoms with E-state index in [1.165, 1.54) is 4.88 Å². The number of nitrogens with one attached hydrogen (secondary N) is 2. The molecule has 0 aromatic carbocycles. The second kappa shape index (κ2) is 7.05. The van der Waals surface area contributed by atoms with Gasteiger partial charge in [0.15, 0.2) is 0 Å². The highest BCUT2D eigenvalue weighted by molar-refractivity contribution is 7.11. The lowest BCUT2D eigenvalue weighted by Crippen LogP contribution is -2.23. The molecular weight excluding hydrogens is 270 g/mol. The van der Waals surface area contributed by atoms with Crippen LogP contribution in [-0.4, -0.2) is 17.4 Å². The van der Waals surface area contributed by atoms with Gasteiger partial charge in [0.05, 0.1) is 18.4 Å². The average molecular weight is 289 g/mol. The van der Waals surface area contributed by atoms with E-state index in [1.54, 1.807) is 23.6 Å². The zero-order valence-electron chi connectivity index (χ0n) is 11.8. The van der Waals surface area contributed by atoms with Crippen LogP contribution in [-0.2, 0) is 6.54 Å². The van der Waals surface area contributed by atoms with Crippen LogP contribution in [0.1, 0.15) is 33.6 Å². The second-order valence-electron chi connectivity index (χ2n) is 4.55.